The normalized spacial score (nSPS) is 17.8. The molecule has 164 valence electrons. The lowest BCUT2D eigenvalue weighted by Gasteiger charge is -2.34. The maximum Gasteiger partial charge on any atom is 0.213 e. The fourth-order valence-electron chi connectivity index (χ4n) is 4.34. The highest BCUT2D eigenvalue weighted by Crippen LogP contribution is 2.32. The van der Waals surface area contributed by atoms with Crippen LogP contribution in [0.1, 0.15) is 12.8 Å². The van der Waals surface area contributed by atoms with E-state index in [0.717, 1.165) is 27.5 Å². The van der Waals surface area contributed by atoms with Gasteiger partial charge in [-0.3, -0.25) is 4.98 Å². The van der Waals surface area contributed by atoms with Crippen molar-refractivity contribution in [3.63, 3.8) is 0 Å². The first kappa shape index (κ1) is 20.4. The van der Waals surface area contributed by atoms with Crippen LogP contribution in [0.25, 0.3) is 32.9 Å². The number of hydrogen-bond acceptors (Lipinski definition) is 5. The number of aromatic nitrogens is 4. The standard InChI is InChI=1S/C26H21IN4O2/c1-31-23-8-9-28-15-22(23)21-5-2-16(10-24(21)31)17-3-6-25(29-13-17)32-19-11-20(12-19)33-26-7-4-18(27)14-30-26/h2-10,13-15,19-20H,11-12H2,1H3. The quantitative estimate of drug-likeness (QED) is 0.261. The molecule has 0 atom stereocenters. The number of aryl methyl sites for hydroxylation is 1. The zero-order valence-electron chi connectivity index (χ0n) is 18.0. The molecule has 7 heteroatoms. The number of benzene rings is 1. The molecule has 1 fully saturated rings. The van der Waals surface area contributed by atoms with Crippen LogP contribution in [-0.4, -0.2) is 31.7 Å². The van der Waals surface area contributed by atoms with E-state index in [-0.39, 0.29) is 12.2 Å². The highest BCUT2D eigenvalue weighted by molar-refractivity contribution is 14.1. The van der Waals surface area contributed by atoms with Gasteiger partial charge in [0.05, 0.1) is 5.52 Å². The fourth-order valence-corrected chi connectivity index (χ4v) is 4.66. The topological polar surface area (TPSA) is 62.1 Å². The highest BCUT2D eigenvalue weighted by Gasteiger charge is 2.33. The Kier molecular flexibility index (Phi) is 5.13. The van der Waals surface area contributed by atoms with Crippen LogP contribution < -0.4 is 9.47 Å². The number of ether oxygens (including phenoxy) is 2. The van der Waals surface area contributed by atoms with E-state index in [1.165, 1.54) is 21.8 Å². The van der Waals surface area contributed by atoms with Crippen LogP contribution in [0.15, 0.2) is 73.3 Å². The maximum atomic E-state index is 6.03. The van der Waals surface area contributed by atoms with Crippen LogP contribution in [0.5, 0.6) is 11.8 Å². The molecule has 5 aromatic rings. The van der Waals surface area contributed by atoms with E-state index in [2.05, 4.69) is 79.5 Å². The zero-order valence-corrected chi connectivity index (χ0v) is 20.1. The molecule has 6 rings (SSSR count). The van der Waals surface area contributed by atoms with Gasteiger partial charge in [0, 0.05) is 82.2 Å². The van der Waals surface area contributed by atoms with Gasteiger partial charge in [-0.05, 0) is 52.4 Å². The molecule has 0 unspecified atom stereocenters. The third kappa shape index (κ3) is 3.90. The molecule has 0 saturated heterocycles. The number of fused-ring (bicyclic) bond motifs is 3. The Morgan fingerprint density at radius 1 is 0.788 bits per heavy atom. The molecule has 1 aliphatic rings. The summed E-state index contributed by atoms with van der Waals surface area (Å²) in [6, 6.07) is 16.5. The van der Waals surface area contributed by atoms with Crippen molar-refractivity contribution in [3.8, 4) is 22.9 Å². The first-order chi connectivity index (χ1) is 16.1. The molecule has 1 aromatic carbocycles. The Hall–Kier alpha value is -3.20. The summed E-state index contributed by atoms with van der Waals surface area (Å²) in [5.41, 5.74) is 4.55. The fraction of sp³-hybridized carbons (Fsp3) is 0.192. The minimum absolute atomic E-state index is 0.123. The lowest BCUT2D eigenvalue weighted by atomic mass is 9.92. The summed E-state index contributed by atoms with van der Waals surface area (Å²) in [6.07, 6.45) is 9.39. The van der Waals surface area contributed by atoms with Crippen molar-refractivity contribution in [2.24, 2.45) is 7.05 Å². The Morgan fingerprint density at radius 2 is 1.52 bits per heavy atom. The van der Waals surface area contributed by atoms with Crippen molar-refractivity contribution in [2.45, 2.75) is 25.0 Å². The van der Waals surface area contributed by atoms with Crippen LogP contribution in [0.3, 0.4) is 0 Å². The summed E-state index contributed by atoms with van der Waals surface area (Å²) in [5.74, 6) is 1.31. The number of rotatable bonds is 5. The van der Waals surface area contributed by atoms with Crippen LogP contribution in [0.4, 0.5) is 0 Å². The predicted octanol–water partition coefficient (Wildman–Crippen LogP) is 5.78. The first-order valence-electron chi connectivity index (χ1n) is 10.9. The van der Waals surface area contributed by atoms with Gasteiger partial charge in [-0.15, -0.1) is 0 Å². The Bertz CT molecular complexity index is 1440. The van der Waals surface area contributed by atoms with Crippen LogP contribution >= 0.6 is 22.6 Å². The molecule has 4 aromatic heterocycles. The van der Waals surface area contributed by atoms with Gasteiger partial charge in [0.2, 0.25) is 11.8 Å². The summed E-state index contributed by atoms with van der Waals surface area (Å²) >= 11 is 2.23. The maximum absolute atomic E-state index is 6.03. The smallest absolute Gasteiger partial charge is 0.213 e. The molecule has 0 bridgehead atoms. The van der Waals surface area contributed by atoms with Gasteiger partial charge in [0.1, 0.15) is 12.2 Å². The van der Waals surface area contributed by atoms with E-state index in [9.17, 15) is 0 Å². The summed E-state index contributed by atoms with van der Waals surface area (Å²) in [5, 5.41) is 2.38. The van der Waals surface area contributed by atoms with Crippen molar-refractivity contribution in [1.82, 2.24) is 19.5 Å². The third-order valence-electron chi connectivity index (χ3n) is 6.20. The molecule has 1 aliphatic carbocycles. The van der Waals surface area contributed by atoms with E-state index in [1.54, 1.807) is 0 Å². The molecular weight excluding hydrogens is 527 g/mol. The predicted molar refractivity (Wildman–Crippen MR) is 136 cm³/mol. The molecular formula is C26H21IN4O2. The van der Waals surface area contributed by atoms with E-state index in [4.69, 9.17) is 9.47 Å². The SMILES string of the molecule is Cn1c2ccncc2c2ccc(-c3ccc(OC4CC(Oc5ccc(I)cn5)C4)nc3)cc21. The highest BCUT2D eigenvalue weighted by atomic mass is 127. The van der Waals surface area contributed by atoms with Crippen LogP contribution in [0.2, 0.25) is 0 Å². The second-order valence-corrected chi connectivity index (χ2v) is 9.58. The second kappa shape index (κ2) is 8.30. The number of pyridine rings is 3. The number of nitrogens with zero attached hydrogens (tertiary/aromatic N) is 4. The van der Waals surface area contributed by atoms with Crippen molar-refractivity contribution in [1.29, 1.82) is 0 Å². The Balaban J connectivity index is 1.13. The first-order valence-corrected chi connectivity index (χ1v) is 12.0. The summed E-state index contributed by atoms with van der Waals surface area (Å²) in [7, 11) is 2.09. The molecule has 0 radical (unpaired) electrons. The third-order valence-corrected chi connectivity index (χ3v) is 6.84. The minimum atomic E-state index is 0.123. The van der Waals surface area contributed by atoms with E-state index in [0.29, 0.717) is 11.8 Å². The average Bonchev–Trinajstić information content (AvgIpc) is 3.11. The zero-order chi connectivity index (χ0) is 22.4. The summed E-state index contributed by atoms with van der Waals surface area (Å²) in [6.45, 7) is 0. The van der Waals surface area contributed by atoms with Crippen LogP contribution in [0, 0.1) is 3.57 Å². The molecule has 33 heavy (non-hydrogen) atoms. The summed E-state index contributed by atoms with van der Waals surface area (Å²) < 4.78 is 15.2. The Labute approximate surface area is 204 Å². The van der Waals surface area contributed by atoms with Gasteiger partial charge in [0.25, 0.3) is 0 Å². The van der Waals surface area contributed by atoms with Gasteiger partial charge in [-0.2, -0.15) is 0 Å². The average molecular weight is 548 g/mol. The van der Waals surface area contributed by atoms with Crippen molar-refractivity contribution in [3.05, 3.63) is 76.9 Å². The van der Waals surface area contributed by atoms with Gasteiger partial charge < -0.3 is 14.0 Å². The van der Waals surface area contributed by atoms with Gasteiger partial charge in [0.15, 0.2) is 0 Å². The van der Waals surface area contributed by atoms with E-state index >= 15 is 0 Å². The molecule has 0 N–H and O–H groups in total. The van der Waals surface area contributed by atoms with E-state index < -0.39 is 0 Å². The van der Waals surface area contributed by atoms with E-state index in [1.807, 2.05) is 43.0 Å². The lowest BCUT2D eigenvalue weighted by Crippen LogP contribution is -2.41. The minimum Gasteiger partial charge on any atom is -0.474 e. The monoisotopic (exact) mass is 548 g/mol. The van der Waals surface area contributed by atoms with Gasteiger partial charge >= 0.3 is 0 Å². The van der Waals surface area contributed by atoms with Gasteiger partial charge in [-0.25, -0.2) is 9.97 Å². The molecule has 6 nitrogen and oxygen atoms in total. The molecule has 0 aliphatic heterocycles. The number of halogens is 1. The number of hydrogen-bond donors (Lipinski definition) is 0. The second-order valence-electron chi connectivity index (χ2n) is 8.33. The molecule has 1 saturated carbocycles. The molecule has 0 spiro atoms. The van der Waals surface area contributed by atoms with Gasteiger partial charge in [-0.1, -0.05) is 12.1 Å². The van der Waals surface area contributed by atoms with Crippen molar-refractivity contribution < 1.29 is 9.47 Å². The summed E-state index contributed by atoms with van der Waals surface area (Å²) in [4.78, 5) is 13.1. The van der Waals surface area contributed by atoms with Crippen molar-refractivity contribution >= 4 is 44.4 Å². The lowest BCUT2D eigenvalue weighted by molar-refractivity contribution is 0.0000155. The largest absolute Gasteiger partial charge is 0.474 e. The molecule has 0 amide bonds. The molecule has 4 heterocycles. The van der Waals surface area contributed by atoms with Crippen LogP contribution in [-0.2, 0) is 7.05 Å². The Morgan fingerprint density at radius 3 is 2.21 bits per heavy atom. The van der Waals surface area contributed by atoms with Crippen molar-refractivity contribution in [2.75, 3.05) is 0 Å².